The molecule has 0 bridgehead atoms. The highest BCUT2D eigenvalue weighted by Crippen LogP contribution is 2.16. The minimum atomic E-state index is 0.573. The Morgan fingerprint density at radius 1 is 1.80 bits per heavy atom. The number of aldehydes is 1. The second-order valence-corrected chi connectivity index (χ2v) is 2.72. The third kappa shape index (κ3) is 1.83. The molecule has 0 fully saturated rings. The van der Waals surface area contributed by atoms with Gasteiger partial charge in [0, 0.05) is 6.42 Å². The summed E-state index contributed by atoms with van der Waals surface area (Å²) in [5.74, 6) is 0.649. The van der Waals surface area contributed by atoms with Crippen LogP contribution in [0, 0.1) is 5.92 Å². The van der Waals surface area contributed by atoms with Gasteiger partial charge >= 0.3 is 0 Å². The SMILES string of the molecule is CC1C=CC(CC=O)=CC1. The van der Waals surface area contributed by atoms with Gasteiger partial charge in [-0.2, -0.15) is 0 Å². The zero-order valence-electron chi connectivity index (χ0n) is 6.21. The standard InChI is InChI=1S/C9H12O/c1-8-2-4-9(5-3-8)6-7-10/h2,4-5,7-8H,3,6H2,1H3. The highest BCUT2D eigenvalue weighted by molar-refractivity contribution is 5.56. The average Bonchev–Trinajstić information content (AvgIpc) is 1.95. The molecule has 0 aromatic carbocycles. The first-order chi connectivity index (χ1) is 4.83. The van der Waals surface area contributed by atoms with Crippen molar-refractivity contribution in [1.29, 1.82) is 0 Å². The summed E-state index contributed by atoms with van der Waals surface area (Å²) in [7, 11) is 0. The van der Waals surface area contributed by atoms with Crippen molar-refractivity contribution in [2.75, 3.05) is 0 Å². The Morgan fingerprint density at radius 3 is 3.10 bits per heavy atom. The molecule has 0 amide bonds. The molecule has 1 rings (SSSR count). The summed E-state index contributed by atoms with van der Waals surface area (Å²) in [5.41, 5.74) is 1.16. The molecular weight excluding hydrogens is 124 g/mol. The summed E-state index contributed by atoms with van der Waals surface area (Å²) in [5, 5.41) is 0. The number of allylic oxidation sites excluding steroid dienone is 4. The van der Waals surface area contributed by atoms with Crippen LogP contribution in [0.2, 0.25) is 0 Å². The molecule has 0 aromatic rings. The molecular formula is C9H12O. The second kappa shape index (κ2) is 3.35. The summed E-state index contributed by atoms with van der Waals surface area (Å²) in [6.45, 7) is 2.17. The van der Waals surface area contributed by atoms with Crippen LogP contribution < -0.4 is 0 Å². The summed E-state index contributed by atoms with van der Waals surface area (Å²) in [4.78, 5) is 10.1. The van der Waals surface area contributed by atoms with Gasteiger partial charge in [-0.25, -0.2) is 0 Å². The van der Waals surface area contributed by atoms with E-state index in [-0.39, 0.29) is 0 Å². The van der Waals surface area contributed by atoms with Crippen molar-refractivity contribution >= 4 is 6.29 Å². The van der Waals surface area contributed by atoms with Gasteiger partial charge < -0.3 is 4.79 Å². The van der Waals surface area contributed by atoms with Gasteiger partial charge in [0.15, 0.2) is 0 Å². The van der Waals surface area contributed by atoms with E-state index in [1.807, 2.05) is 6.08 Å². The van der Waals surface area contributed by atoms with Gasteiger partial charge in [0.1, 0.15) is 6.29 Å². The fourth-order valence-electron chi connectivity index (χ4n) is 1.02. The minimum Gasteiger partial charge on any atom is -0.303 e. The number of hydrogen-bond donors (Lipinski definition) is 0. The summed E-state index contributed by atoms with van der Waals surface area (Å²) < 4.78 is 0. The van der Waals surface area contributed by atoms with Crippen molar-refractivity contribution in [3.63, 3.8) is 0 Å². The molecule has 54 valence electrons. The van der Waals surface area contributed by atoms with Gasteiger partial charge in [-0.1, -0.05) is 25.2 Å². The molecule has 1 heteroatoms. The predicted molar refractivity (Wildman–Crippen MR) is 41.7 cm³/mol. The highest BCUT2D eigenvalue weighted by Gasteiger charge is 2.01. The van der Waals surface area contributed by atoms with Crippen LogP contribution in [0.3, 0.4) is 0 Å². The van der Waals surface area contributed by atoms with E-state index in [0.717, 1.165) is 18.3 Å². The van der Waals surface area contributed by atoms with E-state index in [0.29, 0.717) is 12.3 Å². The topological polar surface area (TPSA) is 17.1 Å². The Bertz CT molecular complexity index is 177. The van der Waals surface area contributed by atoms with Crippen molar-refractivity contribution in [3.05, 3.63) is 23.8 Å². The van der Waals surface area contributed by atoms with Gasteiger partial charge in [-0.15, -0.1) is 0 Å². The van der Waals surface area contributed by atoms with Crippen LogP contribution >= 0.6 is 0 Å². The van der Waals surface area contributed by atoms with Crippen LogP contribution in [0.15, 0.2) is 23.8 Å². The first-order valence-electron chi connectivity index (χ1n) is 3.64. The lowest BCUT2D eigenvalue weighted by Gasteiger charge is -2.08. The summed E-state index contributed by atoms with van der Waals surface area (Å²) in [6.07, 6.45) is 8.94. The monoisotopic (exact) mass is 136 g/mol. The second-order valence-electron chi connectivity index (χ2n) is 2.72. The lowest BCUT2D eigenvalue weighted by Crippen LogP contribution is -1.94. The highest BCUT2D eigenvalue weighted by atomic mass is 16.1. The zero-order chi connectivity index (χ0) is 7.40. The van der Waals surface area contributed by atoms with Crippen molar-refractivity contribution < 1.29 is 4.79 Å². The van der Waals surface area contributed by atoms with Gasteiger partial charge in [0.2, 0.25) is 0 Å². The largest absolute Gasteiger partial charge is 0.303 e. The van der Waals surface area contributed by atoms with E-state index < -0.39 is 0 Å². The molecule has 1 aliphatic rings. The fourth-order valence-corrected chi connectivity index (χ4v) is 1.02. The zero-order valence-corrected chi connectivity index (χ0v) is 6.21. The Morgan fingerprint density at radius 2 is 2.60 bits per heavy atom. The van der Waals surface area contributed by atoms with E-state index in [9.17, 15) is 4.79 Å². The third-order valence-electron chi connectivity index (χ3n) is 1.71. The molecule has 1 nitrogen and oxygen atoms in total. The van der Waals surface area contributed by atoms with E-state index in [1.165, 1.54) is 0 Å². The maximum Gasteiger partial charge on any atom is 0.124 e. The lowest BCUT2D eigenvalue weighted by atomic mass is 9.97. The molecule has 1 atom stereocenters. The Hall–Kier alpha value is -0.850. The smallest absolute Gasteiger partial charge is 0.124 e. The Kier molecular flexibility index (Phi) is 2.43. The normalized spacial score (nSPS) is 24.1. The van der Waals surface area contributed by atoms with Crippen LogP contribution in [0.1, 0.15) is 19.8 Å². The van der Waals surface area contributed by atoms with Gasteiger partial charge in [-0.3, -0.25) is 0 Å². The Balaban J connectivity index is 2.49. The average molecular weight is 136 g/mol. The molecule has 0 aromatic heterocycles. The molecule has 0 saturated heterocycles. The minimum absolute atomic E-state index is 0.573. The van der Waals surface area contributed by atoms with Gasteiger partial charge in [-0.05, 0) is 17.9 Å². The quantitative estimate of drug-likeness (QED) is 0.531. The molecule has 1 unspecified atom stereocenters. The van der Waals surface area contributed by atoms with Crippen LogP contribution in [0.5, 0.6) is 0 Å². The number of carbonyl (C=O) groups excluding carboxylic acids is 1. The van der Waals surface area contributed by atoms with Crippen molar-refractivity contribution in [2.24, 2.45) is 5.92 Å². The number of hydrogen-bond acceptors (Lipinski definition) is 1. The molecule has 1 aliphatic carbocycles. The summed E-state index contributed by atoms with van der Waals surface area (Å²) >= 11 is 0. The van der Waals surface area contributed by atoms with Crippen molar-refractivity contribution in [1.82, 2.24) is 0 Å². The first kappa shape index (κ1) is 7.26. The number of carbonyl (C=O) groups is 1. The molecule has 0 N–H and O–H groups in total. The number of rotatable bonds is 2. The third-order valence-corrected chi connectivity index (χ3v) is 1.71. The molecule has 10 heavy (non-hydrogen) atoms. The van der Waals surface area contributed by atoms with E-state index >= 15 is 0 Å². The lowest BCUT2D eigenvalue weighted by molar-refractivity contribution is -0.107. The van der Waals surface area contributed by atoms with E-state index in [4.69, 9.17) is 0 Å². The Labute approximate surface area is 61.4 Å². The van der Waals surface area contributed by atoms with Crippen molar-refractivity contribution in [2.45, 2.75) is 19.8 Å². The predicted octanol–water partition coefficient (Wildman–Crippen LogP) is 2.10. The van der Waals surface area contributed by atoms with Crippen LogP contribution in [0.4, 0.5) is 0 Å². The molecule has 0 heterocycles. The molecule has 0 aliphatic heterocycles. The molecule has 0 saturated carbocycles. The first-order valence-corrected chi connectivity index (χ1v) is 3.64. The van der Waals surface area contributed by atoms with Crippen LogP contribution in [-0.2, 0) is 4.79 Å². The molecule has 0 spiro atoms. The molecule has 0 radical (unpaired) electrons. The van der Waals surface area contributed by atoms with Crippen molar-refractivity contribution in [3.8, 4) is 0 Å². The van der Waals surface area contributed by atoms with E-state index in [1.54, 1.807) is 0 Å². The van der Waals surface area contributed by atoms with Crippen LogP contribution in [-0.4, -0.2) is 6.29 Å². The van der Waals surface area contributed by atoms with Gasteiger partial charge in [0.05, 0.1) is 0 Å². The maximum absolute atomic E-state index is 10.1. The maximum atomic E-state index is 10.1. The van der Waals surface area contributed by atoms with Crippen LogP contribution in [0.25, 0.3) is 0 Å². The summed E-state index contributed by atoms with van der Waals surface area (Å²) in [6, 6.07) is 0. The fraction of sp³-hybridized carbons (Fsp3) is 0.444. The van der Waals surface area contributed by atoms with Gasteiger partial charge in [0.25, 0.3) is 0 Å². The van der Waals surface area contributed by atoms with E-state index in [2.05, 4.69) is 19.1 Å².